The summed E-state index contributed by atoms with van der Waals surface area (Å²) in [6, 6.07) is 10.4. The minimum atomic E-state index is -0.285. The molecule has 1 amide bonds. The van der Waals surface area contributed by atoms with Crippen LogP contribution >= 0.6 is 11.6 Å². The topological polar surface area (TPSA) is 89.6 Å². The van der Waals surface area contributed by atoms with Crippen molar-refractivity contribution < 1.29 is 9.53 Å². The number of methoxy groups -OCH3 is 1. The van der Waals surface area contributed by atoms with Gasteiger partial charge in [0.15, 0.2) is 0 Å². The molecule has 1 aliphatic carbocycles. The maximum Gasteiger partial charge on any atom is 0.270 e. The number of hydrogen-bond acceptors (Lipinski definition) is 5. The van der Waals surface area contributed by atoms with E-state index in [0.29, 0.717) is 5.02 Å². The summed E-state index contributed by atoms with van der Waals surface area (Å²) >= 11 is 5.94. The predicted molar refractivity (Wildman–Crippen MR) is 107 cm³/mol. The first-order valence-electron chi connectivity index (χ1n) is 8.67. The van der Waals surface area contributed by atoms with Gasteiger partial charge in [0.05, 0.1) is 18.8 Å². The van der Waals surface area contributed by atoms with Crippen LogP contribution in [0.2, 0.25) is 5.02 Å². The van der Waals surface area contributed by atoms with Gasteiger partial charge in [0, 0.05) is 28.7 Å². The molecule has 0 saturated heterocycles. The first-order chi connectivity index (χ1) is 13.1. The SMILES string of the molecule is COc1ccc(N=C2CCCC(NC(=O)c3cc(Cl)ccn3)/C2=C/N)cc1. The molecule has 0 aliphatic heterocycles. The standard InChI is InChI=1S/C20H21ClN4O2/c1-27-15-7-5-14(6-8-15)24-17-3-2-4-18(16(17)12-22)25-20(26)19-11-13(21)9-10-23-19/h5-12,18H,2-4,22H2,1H3,(H,25,26)/b16-12+,24-17?. The Labute approximate surface area is 163 Å². The molecule has 0 radical (unpaired) electrons. The maximum atomic E-state index is 12.5. The smallest absolute Gasteiger partial charge is 0.270 e. The summed E-state index contributed by atoms with van der Waals surface area (Å²) in [5.74, 6) is 0.490. The summed E-state index contributed by atoms with van der Waals surface area (Å²) in [5.41, 5.74) is 8.66. The normalized spacial score (nSPS) is 19.9. The number of hydrogen-bond donors (Lipinski definition) is 2. The van der Waals surface area contributed by atoms with Crippen LogP contribution in [-0.2, 0) is 0 Å². The van der Waals surface area contributed by atoms with E-state index in [0.717, 1.165) is 42.0 Å². The third kappa shape index (κ3) is 4.65. The van der Waals surface area contributed by atoms with Crippen LogP contribution in [0, 0.1) is 0 Å². The van der Waals surface area contributed by atoms with Crippen molar-refractivity contribution >= 4 is 28.9 Å². The Morgan fingerprint density at radius 1 is 1.37 bits per heavy atom. The molecule has 1 fully saturated rings. The second kappa shape index (κ2) is 8.68. The number of carbonyl (C=O) groups is 1. The van der Waals surface area contributed by atoms with Crippen molar-refractivity contribution in [1.29, 1.82) is 0 Å². The predicted octanol–water partition coefficient (Wildman–Crippen LogP) is 3.64. The first-order valence-corrected chi connectivity index (χ1v) is 9.04. The molecular formula is C20H21ClN4O2. The van der Waals surface area contributed by atoms with Crippen molar-refractivity contribution in [2.45, 2.75) is 25.3 Å². The molecule has 0 bridgehead atoms. The van der Waals surface area contributed by atoms with Gasteiger partial charge >= 0.3 is 0 Å². The Kier molecular flexibility index (Phi) is 6.08. The molecule has 1 aliphatic rings. The average Bonchev–Trinajstić information content (AvgIpc) is 2.69. The number of rotatable bonds is 4. The van der Waals surface area contributed by atoms with E-state index in [1.807, 2.05) is 24.3 Å². The molecule has 27 heavy (non-hydrogen) atoms. The molecule has 3 N–H and O–H groups in total. The zero-order valence-electron chi connectivity index (χ0n) is 15.0. The van der Waals surface area contributed by atoms with Gasteiger partial charge in [0.1, 0.15) is 11.4 Å². The molecule has 0 spiro atoms. The summed E-state index contributed by atoms with van der Waals surface area (Å²) in [6.07, 6.45) is 5.53. The van der Waals surface area contributed by atoms with Crippen molar-refractivity contribution in [3.63, 3.8) is 0 Å². The lowest BCUT2D eigenvalue weighted by molar-refractivity contribution is 0.0936. The second-order valence-electron chi connectivity index (χ2n) is 6.16. The Morgan fingerprint density at radius 3 is 2.81 bits per heavy atom. The molecule has 1 unspecified atom stereocenters. The van der Waals surface area contributed by atoms with E-state index in [9.17, 15) is 4.79 Å². The molecule has 1 heterocycles. The van der Waals surface area contributed by atoms with Crippen molar-refractivity contribution in [2.24, 2.45) is 10.7 Å². The number of aromatic nitrogens is 1. The molecule has 1 saturated carbocycles. The van der Waals surface area contributed by atoms with Crippen LogP contribution in [0.3, 0.4) is 0 Å². The zero-order chi connectivity index (χ0) is 19.2. The van der Waals surface area contributed by atoms with Gasteiger partial charge in [-0.1, -0.05) is 11.6 Å². The molecule has 2 aromatic rings. The third-order valence-corrected chi connectivity index (χ3v) is 4.63. The number of halogens is 1. The van der Waals surface area contributed by atoms with E-state index >= 15 is 0 Å². The molecule has 1 aromatic heterocycles. The van der Waals surface area contributed by atoms with Crippen molar-refractivity contribution in [2.75, 3.05) is 7.11 Å². The first kappa shape index (κ1) is 18.9. The molecular weight excluding hydrogens is 364 g/mol. The van der Waals surface area contributed by atoms with Crippen LogP contribution in [0.1, 0.15) is 29.8 Å². The van der Waals surface area contributed by atoms with E-state index < -0.39 is 0 Å². The lowest BCUT2D eigenvalue weighted by atomic mass is 9.88. The lowest BCUT2D eigenvalue weighted by Gasteiger charge is -2.27. The van der Waals surface area contributed by atoms with Crippen LogP contribution in [0.25, 0.3) is 0 Å². The number of nitrogens with one attached hydrogen (secondary N) is 1. The summed E-state index contributed by atoms with van der Waals surface area (Å²) in [5, 5.41) is 3.46. The number of nitrogens with zero attached hydrogens (tertiary/aromatic N) is 2. The largest absolute Gasteiger partial charge is 0.497 e. The second-order valence-corrected chi connectivity index (χ2v) is 6.59. The number of carbonyl (C=O) groups excluding carboxylic acids is 1. The number of pyridine rings is 1. The van der Waals surface area contributed by atoms with E-state index in [1.165, 1.54) is 18.5 Å². The lowest BCUT2D eigenvalue weighted by Crippen LogP contribution is -2.41. The van der Waals surface area contributed by atoms with Crippen LogP contribution in [0.15, 0.2) is 59.4 Å². The van der Waals surface area contributed by atoms with Gasteiger partial charge in [-0.2, -0.15) is 0 Å². The Morgan fingerprint density at radius 2 is 2.15 bits per heavy atom. The number of amides is 1. The number of benzene rings is 1. The van der Waals surface area contributed by atoms with Gasteiger partial charge in [0.2, 0.25) is 0 Å². The van der Waals surface area contributed by atoms with Crippen molar-refractivity contribution in [3.05, 3.63) is 65.1 Å². The monoisotopic (exact) mass is 384 g/mol. The van der Waals surface area contributed by atoms with E-state index in [2.05, 4.69) is 10.3 Å². The quantitative estimate of drug-likeness (QED) is 0.842. The minimum Gasteiger partial charge on any atom is -0.497 e. The van der Waals surface area contributed by atoms with E-state index in [4.69, 9.17) is 27.1 Å². The number of nitrogens with two attached hydrogens (primary N) is 1. The summed E-state index contributed by atoms with van der Waals surface area (Å²) in [4.78, 5) is 21.3. The van der Waals surface area contributed by atoms with Gasteiger partial charge in [-0.3, -0.25) is 14.8 Å². The number of aliphatic imine (C=N–C) groups is 1. The fourth-order valence-corrected chi connectivity index (χ4v) is 3.19. The van der Waals surface area contributed by atoms with Crippen molar-refractivity contribution in [1.82, 2.24) is 10.3 Å². The van der Waals surface area contributed by atoms with E-state index in [-0.39, 0.29) is 17.6 Å². The van der Waals surface area contributed by atoms with Crippen LogP contribution in [-0.4, -0.2) is 29.8 Å². The van der Waals surface area contributed by atoms with Gasteiger partial charge in [-0.05, 0) is 55.7 Å². The molecule has 1 aromatic carbocycles. The van der Waals surface area contributed by atoms with Gasteiger partial charge in [-0.25, -0.2) is 0 Å². The Bertz CT molecular complexity index is 878. The summed E-state index contributed by atoms with van der Waals surface area (Å²) < 4.78 is 5.17. The molecule has 1 atom stereocenters. The number of ether oxygens (including phenoxy) is 1. The fraction of sp³-hybridized carbons (Fsp3) is 0.250. The van der Waals surface area contributed by atoms with Crippen LogP contribution in [0.4, 0.5) is 5.69 Å². The summed E-state index contributed by atoms with van der Waals surface area (Å²) in [7, 11) is 1.62. The highest BCUT2D eigenvalue weighted by Crippen LogP contribution is 2.26. The third-order valence-electron chi connectivity index (χ3n) is 4.39. The molecule has 7 heteroatoms. The highest BCUT2D eigenvalue weighted by molar-refractivity contribution is 6.30. The van der Waals surface area contributed by atoms with Crippen molar-refractivity contribution in [3.8, 4) is 5.75 Å². The van der Waals surface area contributed by atoms with Crippen LogP contribution in [0.5, 0.6) is 5.75 Å². The molecule has 6 nitrogen and oxygen atoms in total. The molecule has 3 rings (SSSR count). The highest BCUT2D eigenvalue weighted by Gasteiger charge is 2.26. The maximum absolute atomic E-state index is 12.5. The fourth-order valence-electron chi connectivity index (χ4n) is 3.03. The Hall–Kier alpha value is -2.86. The molecule has 140 valence electrons. The minimum absolute atomic E-state index is 0.214. The zero-order valence-corrected chi connectivity index (χ0v) is 15.7. The van der Waals surface area contributed by atoms with Gasteiger partial charge < -0.3 is 15.8 Å². The highest BCUT2D eigenvalue weighted by atomic mass is 35.5. The van der Waals surface area contributed by atoms with E-state index in [1.54, 1.807) is 13.2 Å². The van der Waals surface area contributed by atoms with Crippen LogP contribution < -0.4 is 15.8 Å². The Balaban J connectivity index is 1.78. The van der Waals surface area contributed by atoms with Gasteiger partial charge in [0.25, 0.3) is 5.91 Å². The average molecular weight is 385 g/mol. The summed E-state index contributed by atoms with van der Waals surface area (Å²) in [6.45, 7) is 0. The van der Waals surface area contributed by atoms with Gasteiger partial charge in [-0.15, -0.1) is 0 Å².